The van der Waals surface area contributed by atoms with Crippen LogP contribution in [-0.4, -0.2) is 23.6 Å². The SMILES string of the molecule is CC.CCC(C)C(=N)N(P)CCNc1ccc(CN)cc1. The number of hydrogen-bond acceptors (Lipinski definition) is 3. The predicted octanol–water partition coefficient (Wildman–Crippen LogP) is 3.70. The molecule has 0 saturated carbocycles. The third-order valence-electron chi connectivity index (χ3n) is 3.26. The maximum absolute atomic E-state index is 8.00. The summed E-state index contributed by atoms with van der Waals surface area (Å²) in [6.07, 6.45) is 0.998. The number of nitrogens with one attached hydrogen (secondary N) is 2. The Kier molecular flexibility index (Phi) is 10.9. The predicted molar refractivity (Wildman–Crippen MR) is 97.8 cm³/mol. The van der Waals surface area contributed by atoms with Gasteiger partial charge in [-0.05, 0) is 33.5 Å². The average molecular weight is 310 g/mol. The molecule has 4 nitrogen and oxygen atoms in total. The molecule has 0 aromatic heterocycles. The van der Waals surface area contributed by atoms with Gasteiger partial charge < -0.3 is 15.7 Å². The van der Waals surface area contributed by atoms with E-state index in [0.29, 0.717) is 18.3 Å². The fourth-order valence-electron chi connectivity index (χ4n) is 1.68. The summed E-state index contributed by atoms with van der Waals surface area (Å²) in [7, 11) is 2.63. The minimum Gasteiger partial charge on any atom is -0.383 e. The Hall–Kier alpha value is -1.12. The van der Waals surface area contributed by atoms with E-state index >= 15 is 0 Å². The highest BCUT2D eigenvalue weighted by Crippen LogP contribution is 2.12. The third kappa shape index (κ3) is 7.45. The van der Waals surface area contributed by atoms with Gasteiger partial charge in [-0.3, -0.25) is 5.41 Å². The minimum atomic E-state index is 0.307. The number of amidine groups is 1. The number of hydrogen-bond donors (Lipinski definition) is 3. The summed E-state index contributed by atoms with van der Waals surface area (Å²) in [5, 5.41) is 11.3. The molecule has 0 heterocycles. The molecule has 0 amide bonds. The van der Waals surface area contributed by atoms with Gasteiger partial charge in [-0.2, -0.15) is 0 Å². The summed E-state index contributed by atoms with van der Waals surface area (Å²) < 4.78 is 1.93. The van der Waals surface area contributed by atoms with Gasteiger partial charge in [0.05, 0.1) is 0 Å². The molecule has 0 radical (unpaired) electrons. The molecule has 5 heteroatoms. The molecule has 2 unspecified atom stereocenters. The van der Waals surface area contributed by atoms with Crippen LogP contribution >= 0.6 is 9.39 Å². The quantitative estimate of drug-likeness (QED) is 0.409. The molecule has 2 atom stereocenters. The lowest BCUT2D eigenvalue weighted by atomic mass is 10.1. The first-order valence-corrected chi connectivity index (χ1v) is 8.23. The number of rotatable bonds is 7. The van der Waals surface area contributed by atoms with Crippen LogP contribution in [0.4, 0.5) is 5.69 Å². The molecule has 0 saturated heterocycles. The van der Waals surface area contributed by atoms with E-state index in [9.17, 15) is 0 Å². The van der Waals surface area contributed by atoms with Crippen LogP contribution in [-0.2, 0) is 6.54 Å². The summed E-state index contributed by atoms with van der Waals surface area (Å²) in [5.74, 6) is 0.981. The molecule has 0 aliphatic carbocycles. The van der Waals surface area contributed by atoms with Crippen LogP contribution in [0.25, 0.3) is 0 Å². The molecule has 0 bridgehead atoms. The van der Waals surface area contributed by atoms with E-state index < -0.39 is 0 Å². The van der Waals surface area contributed by atoms with Crippen LogP contribution in [0.1, 0.15) is 39.7 Å². The van der Waals surface area contributed by atoms with Crippen LogP contribution in [0.15, 0.2) is 24.3 Å². The van der Waals surface area contributed by atoms with Gasteiger partial charge in [-0.15, -0.1) is 0 Å². The molecule has 1 aromatic rings. The summed E-state index contributed by atoms with van der Waals surface area (Å²) >= 11 is 0. The van der Waals surface area contributed by atoms with Gasteiger partial charge in [0.1, 0.15) is 5.84 Å². The standard InChI is InChI=1S/C14H25N4P.C2H6/c1-3-11(2)14(16)18(19)9-8-17-13-6-4-12(10-15)5-7-13;1-2/h4-7,11,16-17H,3,8-10,15,19H2,1-2H3;1-2H3. The second kappa shape index (κ2) is 11.5. The molecule has 1 aromatic carbocycles. The lowest BCUT2D eigenvalue weighted by Crippen LogP contribution is -2.30. The summed E-state index contributed by atoms with van der Waals surface area (Å²) in [6.45, 7) is 10.4. The Labute approximate surface area is 132 Å². The van der Waals surface area contributed by atoms with Crippen molar-refractivity contribution in [1.29, 1.82) is 5.41 Å². The van der Waals surface area contributed by atoms with Crippen molar-refractivity contribution in [2.45, 2.75) is 40.7 Å². The number of nitrogens with two attached hydrogens (primary N) is 1. The summed E-state index contributed by atoms with van der Waals surface area (Å²) in [6, 6.07) is 8.13. The van der Waals surface area contributed by atoms with Gasteiger partial charge in [0.15, 0.2) is 0 Å². The summed E-state index contributed by atoms with van der Waals surface area (Å²) in [4.78, 5) is 0. The molecule has 120 valence electrons. The van der Waals surface area contributed by atoms with E-state index in [2.05, 4.69) is 28.6 Å². The van der Waals surface area contributed by atoms with E-state index in [1.807, 2.05) is 42.8 Å². The first kappa shape index (κ1) is 19.9. The van der Waals surface area contributed by atoms with Crippen LogP contribution in [0, 0.1) is 11.3 Å². The van der Waals surface area contributed by atoms with Gasteiger partial charge in [0, 0.05) is 31.2 Å². The van der Waals surface area contributed by atoms with Gasteiger partial charge in [0.2, 0.25) is 0 Å². The first-order chi connectivity index (χ1) is 10.1. The highest BCUT2D eigenvalue weighted by molar-refractivity contribution is 7.14. The van der Waals surface area contributed by atoms with Crippen molar-refractivity contribution in [3.63, 3.8) is 0 Å². The highest BCUT2D eigenvalue weighted by Gasteiger charge is 2.10. The maximum Gasteiger partial charge on any atom is 0.102 e. The zero-order valence-corrected chi connectivity index (χ0v) is 15.0. The second-order valence-electron chi connectivity index (χ2n) is 4.72. The Bertz CT molecular complexity index is 392. The maximum atomic E-state index is 8.00. The zero-order chi connectivity index (χ0) is 16.3. The second-order valence-corrected chi connectivity index (χ2v) is 5.34. The third-order valence-corrected chi connectivity index (χ3v) is 3.80. The van der Waals surface area contributed by atoms with Crippen molar-refractivity contribution < 1.29 is 0 Å². The van der Waals surface area contributed by atoms with E-state index in [0.717, 1.165) is 30.8 Å². The van der Waals surface area contributed by atoms with Gasteiger partial charge in [-0.1, -0.05) is 39.8 Å². The van der Waals surface area contributed by atoms with Gasteiger partial charge in [0.25, 0.3) is 0 Å². The van der Waals surface area contributed by atoms with Crippen molar-refractivity contribution in [2.24, 2.45) is 11.7 Å². The van der Waals surface area contributed by atoms with Crippen LogP contribution in [0.3, 0.4) is 0 Å². The van der Waals surface area contributed by atoms with Crippen LogP contribution in [0.2, 0.25) is 0 Å². The minimum absolute atomic E-state index is 0.307. The van der Waals surface area contributed by atoms with Crippen LogP contribution < -0.4 is 11.1 Å². The van der Waals surface area contributed by atoms with E-state index in [1.54, 1.807) is 0 Å². The molecule has 0 aliphatic heterocycles. The van der Waals surface area contributed by atoms with E-state index in [-0.39, 0.29) is 0 Å². The lowest BCUT2D eigenvalue weighted by molar-refractivity contribution is 0.599. The molecule has 1 rings (SSSR count). The molecule has 0 aliphatic rings. The largest absolute Gasteiger partial charge is 0.383 e. The molecule has 0 spiro atoms. The monoisotopic (exact) mass is 310 g/mol. The van der Waals surface area contributed by atoms with Crippen molar-refractivity contribution >= 4 is 20.9 Å². The number of benzene rings is 1. The average Bonchev–Trinajstić information content (AvgIpc) is 2.55. The van der Waals surface area contributed by atoms with Crippen molar-refractivity contribution in [2.75, 3.05) is 18.4 Å². The zero-order valence-electron chi connectivity index (χ0n) is 13.8. The fourth-order valence-corrected chi connectivity index (χ4v) is 2.06. The van der Waals surface area contributed by atoms with Crippen LogP contribution in [0.5, 0.6) is 0 Å². The molecule has 0 fully saturated rings. The molecular weight excluding hydrogens is 279 g/mol. The first-order valence-electron chi connectivity index (χ1n) is 7.72. The molecule has 4 N–H and O–H groups in total. The van der Waals surface area contributed by atoms with E-state index in [1.165, 1.54) is 0 Å². The molecular formula is C16H31N4P. The van der Waals surface area contributed by atoms with Crippen molar-refractivity contribution in [1.82, 2.24) is 4.67 Å². The molecule has 21 heavy (non-hydrogen) atoms. The normalized spacial score (nSPS) is 11.1. The van der Waals surface area contributed by atoms with Gasteiger partial charge in [-0.25, -0.2) is 0 Å². The fraction of sp³-hybridized carbons (Fsp3) is 0.562. The Morgan fingerprint density at radius 2 is 1.90 bits per heavy atom. The van der Waals surface area contributed by atoms with Crippen molar-refractivity contribution in [3.05, 3.63) is 29.8 Å². The van der Waals surface area contributed by atoms with Crippen molar-refractivity contribution in [3.8, 4) is 0 Å². The summed E-state index contributed by atoms with van der Waals surface area (Å²) in [5.41, 5.74) is 7.79. The number of nitrogens with zero attached hydrogens (tertiary/aromatic N) is 1. The smallest absolute Gasteiger partial charge is 0.102 e. The Morgan fingerprint density at radius 3 is 2.38 bits per heavy atom. The van der Waals surface area contributed by atoms with E-state index in [4.69, 9.17) is 11.1 Å². The van der Waals surface area contributed by atoms with Gasteiger partial charge >= 0.3 is 0 Å². The number of anilines is 1. The Morgan fingerprint density at radius 1 is 1.33 bits per heavy atom. The Balaban J connectivity index is 0.00000191. The topological polar surface area (TPSA) is 65.1 Å². The highest BCUT2D eigenvalue weighted by atomic mass is 31.0. The lowest BCUT2D eigenvalue weighted by Gasteiger charge is -2.23.